The van der Waals surface area contributed by atoms with Crippen molar-refractivity contribution in [2.45, 2.75) is 0 Å². The summed E-state index contributed by atoms with van der Waals surface area (Å²) in [6.07, 6.45) is 0. The molecular weight excluding hydrogens is 380 g/mol. The van der Waals surface area contributed by atoms with Gasteiger partial charge in [-0.3, -0.25) is 21.7 Å². The highest BCUT2D eigenvalue weighted by Gasteiger charge is 2.13. The van der Waals surface area contributed by atoms with E-state index in [-0.39, 0.29) is 0 Å². The SMILES string of the molecule is COc1cc2nc(NNc3ccccc3)nc(NNc3ccccc3)c2cc1OC. The summed E-state index contributed by atoms with van der Waals surface area (Å²) in [7, 11) is 3.19. The van der Waals surface area contributed by atoms with Gasteiger partial charge < -0.3 is 9.47 Å². The van der Waals surface area contributed by atoms with Crippen molar-refractivity contribution in [3.63, 3.8) is 0 Å². The summed E-state index contributed by atoms with van der Waals surface area (Å²) in [6, 6.07) is 23.2. The van der Waals surface area contributed by atoms with Crippen LogP contribution in [0, 0.1) is 0 Å². The van der Waals surface area contributed by atoms with Gasteiger partial charge in [-0.15, -0.1) is 0 Å². The van der Waals surface area contributed by atoms with Crippen LogP contribution in [-0.4, -0.2) is 24.2 Å². The van der Waals surface area contributed by atoms with E-state index >= 15 is 0 Å². The van der Waals surface area contributed by atoms with E-state index in [1.165, 1.54) is 0 Å². The summed E-state index contributed by atoms with van der Waals surface area (Å²) < 4.78 is 10.9. The van der Waals surface area contributed by atoms with Crippen LogP contribution >= 0.6 is 0 Å². The van der Waals surface area contributed by atoms with E-state index in [4.69, 9.17) is 9.47 Å². The third kappa shape index (κ3) is 4.27. The molecule has 0 aliphatic carbocycles. The van der Waals surface area contributed by atoms with Gasteiger partial charge in [0.05, 0.1) is 31.1 Å². The Morgan fingerprint density at radius 1 is 0.633 bits per heavy atom. The number of ether oxygens (including phenoxy) is 2. The molecule has 0 saturated carbocycles. The molecule has 0 fully saturated rings. The Hall–Kier alpha value is -4.20. The molecule has 8 nitrogen and oxygen atoms in total. The van der Waals surface area contributed by atoms with Crippen LogP contribution in [0.4, 0.5) is 23.1 Å². The smallest absolute Gasteiger partial charge is 0.244 e. The molecule has 4 N–H and O–H groups in total. The highest BCUT2D eigenvalue weighted by Crippen LogP contribution is 2.34. The number of benzene rings is 3. The van der Waals surface area contributed by atoms with Gasteiger partial charge in [-0.2, -0.15) is 4.98 Å². The molecule has 30 heavy (non-hydrogen) atoms. The molecule has 0 radical (unpaired) electrons. The summed E-state index contributed by atoms with van der Waals surface area (Å²) in [5, 5.41) is 0.779. The fraction of sp³-hybridized carbons (Fsp3) is 0.0909. The molecule has 0 amide bonds. The van der Waals surface area contributed by atoms with Crippen molar-refractivity contribution in [1.82, 2.24) is 9.97 Å². The van der Waals surface area contributed by atoms with Crippen molar-refractivity contribution in [3.8, 4) is 11.5 Å². The maximum Gasteiger partial charge on any atom is 0.244 e. The molecule has 1 heterocycles. The van der Waals surface area contributed by atoms with E-state index < -0.39 is 0 Å². The van der Waals surface area contributed by atoms with Gasteiger partial charge in [0.1, 0.15) is 0 Å². The topological polar surface area (TPSA) is 92.4 Å². The Morgan fingerprint density at radius 2 is 1.20 bits per heavy atom. The number of nitrogens with zero attached hydrogens (tertiary/aromatic N) is 2. The quantitative estimate of drug-likeness (QED) is 0.320. The molecule has 0 saturated heterocycles. The summed E-state index contributed by atoms with van der Waals surface area (Å²) in [4.78, 5) is 9.21. The molecule has 152 valence electrons. The lowest BCUT2D eigenvalue weighted by Crippen LogP contribution is -2.15. The Morgan fingerprint density at radius 3 is 1.80 bits per heavy atom. The Bertz CT molecular complexity index is 1120. The normalized spacial score (nSPS) is 10.3. The van der Waals surface area contributed by atoms with Crippen LogP contribution in [-0.2, 0) is 0 Å². The number of nitrogens with one attached hydrogen (secondary N) is 4. The molecule has 0 atom stereocenters. The number of hydrogen-bond donors (Lipinski definition) is 4. The van der Waals surface area contributed by atoms with Crippen molar-refractivity contribution in [2.75, 3.05) is 35.9 Å². The second-order valence-corrected chi connectivity index (χ2v) is 6.35. The molecule has 3 aromatic carbocycles. The largest absolute Gasteiger partial charge is 0.493 e. The minimum Gasteiger partial charge on any atom is -0.493 e. The number of para-hydroxylation sites is 2. The van der Waals surface area contributed by atoms with E-state index in [1.54, 1.807) is 14.2 Å². The standard InChI is InChI=1S/C22H22N6O2/c1-29-19-13-17-18(14-20(19)30-2)23-22(28-26-16-11-7-4-8-12-16)24-21(17)27-25-15-9-5-3-6-10-15/h3-14,25-26H,1-2H3,(H2,23,24,27,28). The molecule has 0 aliphatic rings. The molecule has 4 rings (SSSR count). The van der Waals surface area contributed by atoms with Crippen LogP contribution in [0.25, 0.3) is 10.9 Å². The lowest BCUT2D eigenvalue weighted by molar-refractivity contribution is 0.356. The number of methoxy groups -OCH3 is 2. The van der Waals surface area contributed by atoms with Gasteiger partial charge in [-0.05, 0) is 30.3 Å². The number of anilines is 4. The Labute approximate surface area is 174 Å². The van der Waals surface area contributed by atoms with Gasteiger partial charge in [-0.1, -0.05) is 36.4 Å². The highest BCUT2D eigenvalue weighted by molar-refractivity contribution is 5.93. The first-order valence-electron chi connectivity index (χ1n) is 9.35. The van der Waals surface area contributed by atoms with E-state index in [9.17, 15) is 0 Å². The van der Waals surface area contributed by atoms with Crippen LogP contribution in [0.5, 0.6) is 11.5 Å². The molecule has 0 aliphatic heterocycles. The number of fused-ring (bicyclic) bond motifs is 1. The first-order chi connectivity index (χ1) is 14.8. The first-order valence-corrected chi connectivity index (χ1v) is 9.35. The molecule has 0 bridgehead atoms. The lowest BCUT2D eigenvalue weighted by Gasteiger charge is -2.16. The molecule has 8 heteroatoms. The minimum absolute atomic E-state index is 0.399. The van der Waals surface area contributed by atoms with Crippen molar-refractivity contribution >= 4 is 34.0 Å². The zero-order valence-corrected chi connectivity index (χ0v) is 16.6. The van der Waals surface area contributed by atoms with E-state index in [1.807, 2.05) is 72.8 Å². The fourth-order valence-electron chi connectivity index (χ4n) is 2.91. The second kappa shape index (κ2) is 8.87. The van der Waals surface area contributed by atoms with Crippen LogP contribution in [0.1, 0.15) is 0 Å². The molecular formula is C22H22N6O2. The van der Waals surface area contributed by atoms with Gasteiger partial charge >= 0.3 is 0 Å². The van der Waals surface area contributed by atoms with Gasteiger partial charge in [-0.25, -0.2) is 4.98 Å². The fourth-order valence-corrected chi connectivity index (χ4v) is 2.91. The molecule has 0 unspecified atom stereocenters. The monoisotopic (exact) mass is 402 g/mol. The van der Waals surface area contributed by atoms with Crippen LogP contribution in [0.15, 0.2) is 72.8 Å². The predicted octanol–water partition coefficient (Wildman–Crippen LogP) is 4.53. The number of rotatable bonds is 8. The number of hydrazine groups is 2. The van der Waals surface area contributed by atoms with E-state index in [0.29, 0.717) is 28.8 Å². The maximum absolute atomic E-state index is 5.44. The summed E-state index contributed by atoms with van der Waals surface area (Å²) >= 11 is 0. The average Bonchev–Trinajstić information content (AvgIpc) is 2.81. The van der Waals surface area contributed by atoms with Crippen LogP contribution in [0.2, 0.25) is 0 Å². The first kappa shape index (κ1) is 19.1. The number of hydrogen-bond acceptors (Lipinski definition) is 8. The van der Waals surface area contributed by atoms with Crippen molar-refractivity contribution in [3.05, 3.63) is 72.8 Å². The van der Waals surface area contributed by atoms with Crippen molar-refractivity contribution in [2.24, 2.45) is 0 Å². The van der Waals surface area contributed by atoms with Gasteiger partial charge in [0.15, 0.2) is 17.3 Å². The molecule has 4 aromatic rings. The van der Waals surface area contributed by atoms with Crippen LogP contribution < -0.4 is 31.2 Å². The van der Waals surface area contributed by atoms with Crippen molar-refractivity contribution < 1.29 is 9.47 Å². The second-order valence-electron chi connectivity index (χ2n) is 6.35. The maximum atomic E-state index is 5.44. The van der Waals surface area contributed by atoms with E-state index in [2.05, 4.69) is 31.7 Å². The Kier molecular flexibility index (Phi) is 5.66. The zero-order chi connectivity index (χ0) is 20.8. The third-order valence-electron chi connectivity index (χ3n) is 4.39. The summed E-state index contributed by atoms with van der Waals surface area (Å²) in [5.41, 5.74) is 15.0. The average molecular weight is 402 g/mol. The van der Waals surface area contributed by atoms with Gasteiger partial charge in [0.2, 0.25) is 5.95 Å². The summed E-state index contributed by atoms with van der Waals surface area (Å²) in [5.74, 6) is 2.17. The van der Waals surface area contributed by atoms with E-state index in [0.717, 1.165) is 16.8 Å². The van der Waals surface area contributed by atoms with Crippen LogP contribution in [0.3, 0.4) is 0 Å². The Balaban J connectivity index is 1.69. The van der Waals surface area contributed by atoms with Crippen molar-refractivity contribution in [1.29, 1.82) is 0 Å². The highest BCUT2D eigenvalue weighted by atomic mass is 16.5. The minimum atomic E-state index is 0.399. The van der Waals surface area contributed by atoms with Gasteiger partial charge in [0.25, 0.3) is 0 Å². The zero-order valence-electron chi connectivity index (χ0n) is 16.6. The lowest BCUT2D eigenvalue weighted by atomic mass is 10.2. The number of aromatic nitrogens is 2. The predicted molar refractivity (Wildman–Crippen MR) is 120 cm³/mol. The van der Waals surface area contributed by atoms with Gasteiger partial charge in [0, 0.05) is 11.5 Å². The third-order valence-corrected chi connectivity index (χ3v) is 4.39. The molecule has 0 spiro atoms. The molecule has 1 aromatic heterocycles. The summed E-state index contributed by atoms with van der Waals surface area (Å²) in [6.45, 7) is 0.